The number of aliphatic hydroxyl groups is 1. The van der Waals surface area contributed by atoms with Gasteiger partial charge in [-0.2, -0.15) is 0 Å². The summed E-state index contributed by atoms with van der Waals surface area (Å²) in [6.45, 7) is 4.20. The zero-order valence-electron chi connectivity index (χ0n) is 27.1. The first-order valence-corrected chi connectivity index (χ1v) is 15.8. The third-order valence-corrected chi connectivity index (χ3v) is 8.46. The van der Waals surface area contributed by atoms with Crippen molar-refractivity contribution in [3.63, 3.8) is 0 Å². The van der Waals surface area contributed by atoms with Gasteiger partial charge in [-0.1, -0.05) is 56.7 Å². The van der Waals surface area contributed by atoms with Gasteiger partial charge in [0.05, 0.1) is 18.7 Å². The number of fused-ring (bicyclic) bond motifs is 2. The fourth-order valence-electron chi connectivity index (χ4n) is 5.49. The topological polar surface area (TPSA) is 232 Å². The van der Waals surface area contributed by atoms with Gasteiger partial charge >= 0.3 is 5.97 Å². The van der Waals surface area contributed by atoms with Crippen LogP contribution < -0.4 is 27.0 Å². The lowest BCUT2D eigenvalue weighted by Gasteiger charge is -2.26. The number of carbonyl (C=O) groups excluding carboxylic acids is 4. The Hall–Kier alpha value is -5.21. The SMILES string of the molecule is CC[C@H](C)[C@H](NC(=O)CNC(=O)[C@H](Cc1c[nH]c2ccccc12)NC(=O)[C@@H](N)Cc1c[nH]c2ccccc12)C(=O)N[C@H](C(=O)O)[C@@H](C)O. The van der Waals surface area contributed by atoms with Gasteiger partial charge in [-0.05, 0) is 42.5 Å². The molecule has 4 amide bonds. The van der Waals surface area contributed by atoms with Gasteiger partial charge in [-0.25, -0.2) is 4.79 Å². The second kappa shape index (κ2) is 16.1. The molecule has 4 aromatic rings. The summed E-state index contributed by atoms with van der Waals surface area (Å²) in [6, 6.07) is 10.4. The number of carboxylic acids is 1. The largest absolute Gasteiger partial charge is 0.480 e. The molecular weight excluding hydrogens is 618 g/mol. The maximum Gasteiger partial charge on any atom is 0.328 e. The molecule has 0 aliphatic carbocycles. The summed E-state index contributed by atoms with van der Waals surface area (Å²) < 4.78 is 0. The molecule has 4 rings (SSSR count). The molecule has 0 aliphatic heterocycles. The lowest BCUT2D eigenvalue weighted by Crippen LogP contribution is -2.58. The standard InChI is InChI=1S/C34H43N7O7/c1-4-18(2)29(33(46)41-30(19(3)42)34(47)48)40-28(43)17-38-32(45)27(14-21-16-37-26-12-8-6-10-23(21)26)39-31(44)24(35)13-20-15-36-25-11-7-5-9-22(20)25/h5-12,15-16,18-19,24,27,29-30,36-37,42H,4,13-14,17,35H2,1-3H3,(H,38,45)(H,39,44)(H,40,43)(H,41,46)(H,47,48)/t18-,19+,24-,27-,29-,30-/m0/s1. The average molecular weight is 662 g/mol. The number of aliphatic hydroxyl groups excluding tert-OH is 1. The Morgan fingerprint density at radius 2 is 1.33 bits per heavy atom. The number of aromatic amines is 2. The normalized spacial score (nSPS) is 15.1. The molecule has 48 heavy (non-hydrogen) atoms. The summed E-state index contributed by atoms with van der Waals surface area (Å²) in [5, 5.41) is 31.0. The Labute approximate surface area is 277 Å². The highest BCUT2D eigenvalue weighted by Gasteiger charge is 2.32. The molecule has 0 saturated heterocycles. The third-order valence-electron chi connectivity index (χ3n) is 8.46. The molecule has 256 valence electrons. The smallest absolute Gasteiger partial charge is 0.328 e. The number of benzene rings is 2. The average Bonchev–Trinajstić information content (AvgIpc) is 3.67. The van der Waals surface area contributed by atoms with Crippen LogP contribution in [0.2, 0.25) is 0 Å². The monoisotopic (exact) mass is 661 g/mol. The highest BCUT2D eigenvalue weighted by Crippen LogP contribution is 2.21. The van der Waals surface area contributed by atoms with Gasteiger partial charge in [0.1, 0.15) is 12.1 Å². The van der Waals surface area contributed by atoms with Crippen LogP contribution in [0.4, 0.5) is 0 Å². The molecule has 2 heterocycles. The molecule has 0 radical (unpaired) electrons. The van der Waals surface area contributed by atoms with E-state index in [1.165, 1.54) is 6.92 Å². The van der Waals surface area contributed by atoms with Crippen LogP contribution in [0.25, 0.3) is 21.8 Å². The van der Waals surface area contributed by atoms with Gasteiger partial charge in [0.15, 0.2) is 6.04 Å². The molecule has 14 nitrogen and oxygen atoms in total. The lowest BCUT2D eigenvalue weighted by molar-refractivity contribution is -0.145. The molecule has 0 saturated carbocycles. The fourth-order valence-corrected chi connectivity index (χ4v) is 5.49. The van der Waals surface area contributed by atoms with Gasteiger partial charge < -0.3 is 47.2 Å². The molecule has 0 spiro atoms. The number of amides is 4. The summed E-state index contributed by atoms with van der Waals surface area (Å²) in [6.07, 6.45) is 2.95. The number of H-pyrrole nitrogens is 2. The second-order valence-corrected chi connectivity index (χ2v) is 12.0. The van der Waals surface area contributed by atoms with E-state index in [1.807, 2.05) is 48.5 Å². The van der Waals surface area contributed by atoms with Gasteiger partial charge in [0.2, 0.25) is 23.6 Å². The quantitative estimate of drug-likeness (QED) is 0.0833. The first-order valence-electron chi connectivity index (χ1n) is 15.8. The number of rotatable bonds is 16. The number of aromatic nitrogens is 2. The van der Waals surface area contributed by atoms with E-state index in [0.29, 0.717) is 6.42 Å². The molecule has 2 aromatic heterocycles. The Bertz CT molecular complexity index is 1760. The van der Waals surface area contributed by atoms with Crippen LogP contribution in [0.15, 0.2) is 60.9 Å². The summed E-state index contributed by atoms with van der Waals surface area (Å²) in [5.74, 6) is -4.52. The van der Waals surface area contributed by atoms with E-state index in [1.54, 1.807) is 26.2 Å². The van der Waals surface area contributed by atoms with E-state index in [2.05, 4.69) is 31.2 Å². The number of para-hydroxylation sites is 2. The third kappa shape index (κ3) is 8.77. The molecule has 0 fully saturated rings. The highest BCUT2D eigenvalue weighted by molar-refractivity contribution is 5.95. The predicted molar refractivity (Wildman–Crippen MR) is 180 cm³/mol. The van der Waals surface area contributed by atoms with Crippen molar-refractivity contribution in [2.45, 2.75) is 70.3 Å². The van der Waals surface area contributed by atoms with Crippen LogP contribution in [0.3, 0.4) is 0 Å². The minimum Gasteiger partial charge on any atom is -0.480 e. The number of nitrogens with two attached hydrogens (primary N) is 1. The Morgan fingerprint density at radius 1 is 0.771 bits per heavy atom. The first-order chi connectivity index (χ1) is 22.9. The maximum atomic E-state index is 13.5. The van der Waals surface area contributed by atoms with E-state index < -0.39 is 72.3 Å². The molecule has 10 N–H and O–H groups in total. The Kier molecular flexibility index (Phi) is 11.9. The van der Waals surface area contributed by atoms with Crippen molar-refractivity contribution in [3.8, 4) is 0 Å². The number of carboxylic acid groups (broad SMARTS) is 1. The van der Waals surface area contributed by atoms with Crippen molar-refractivity contribution in [1.82, 2.24) is 31.2 Å². The zero-order chi connectivity index (χ0) is 35.0. The van der Waals surface area contributed by atoms with Crippen LogP contribution in [-0.4, -0.2) is 86.6 Å². The maximum absolute atomic E-state index is 13.5. The predicted octanol–water partition coefficient (Wildman–Crippen LogP) is 0.844. The van der Waals surface area contributed by atoms with Crippen LogP contribution in [0.5, 0.6) is 0 Å². The number of hydrogen-bond donors (Lipinski definition) is 9. The number of nitrogens with one attached hydrogen (secondary N) is 6. The van der Waals surface area contributed by atoms with E-state index in [9.17, 15) is 34.2 Å². The van der Waals surface area contributed by atoms with E-state index in [-0.39, 0.29) is 12.8 Å². The minimum absolute atomic E-state index is 0.0941. The van der Waals surface area contributed by atoms with Crippen molar-refractivity contribution >= 4 is 51.4 Å². The van der Waals surface area contributed by atoms with Crippen LogP contribution >= 0.6 is 0 Å². The van der Waals surface area contributed by atoms with Crippen molar-refractivity contribution in [2.75, 3.05) is 6.54 Å². The number of hydrogen-bond acceptors (Lipinski definition) is 7. The van der Waals surface area contributed by atoms with Crippen molar-refractivity contribution in [1.29, 1.82) is 0 Å². The summed E-state index contributed by atoms with van der Waals surface area (Å²) in [7, 11) is 0. The van der Waals surface area contributed by atoms with Gasteiger partial charge in [-0.3, -0.25) is 19.2 Å². The zero-order valence-corrected chi connectivity index (χ0v) is 27.1. The molecular formula is C34H43N7O7. The van der Waals surface area contributed by atoms with Crippen molar-refractivity contribution in [2.24, 2.45) is 11.7 Å². The molecule has 0 bridgehead atoms. The minimum atomic E-state index is -1.57. The van der Waals surface area contributed by atoms with Crippen molar-refractivity contribution in [3.05, 3.63) is 72.1 Å². The summed E-state index contributed by atoms with van der Waals surface area (Å²) in [5.41, 5.74) is 9.69. The summed E-state index contributed by atoms with van der Waals surface area (Å²) in [4.78, 5) is 70.6. The summed E-state index contributed by atoms with van der Waals surface area (Å²) >= 11 is 0. The number of aliphatic carboxylic acids is 1. The van der Waals surface area contributed by atoms with E-state index in [4.69, 9.17) is 5.73 Å². The molecule has 14 heteroatoms. The molecule has 0 unspecified atom stereocenters. The van der Waals surface area contributed by atoms with Gasteiger partial charge in [-0.15, -0.1) is 0 Å². The highest BCUT2D eigenvalue weighted by atomic mass is 16.4. The Balaban J connectivity index is 1.45. The van der Waals surface area contributed by atoms with Crippen LogP contribution in [0, 0.1) is 5.92 Å². The van der Waals surface area contributed by atoms with Crippen LogP contribution in [-0.2, 0) is 36.8 Å². The fraction of sp³-hybridized carbons (Fsp3) is 0.382. The van der Waals surface area contributed by atoms with E-state index in [0.717, 1.165) is 32.9 Å². The Morgan fingerprint density at radius 3 is 1.88 bits per heavy atom. The first kappa shape index (κ1) is 35.6. The van der Waals surface area contributed by atoms with Crippen molar-refractivity contribution < 1.29 is 34.2 Å². The number of carbonyl (C=O) groups is 5. The second-order valence-electron chi connectivity index (χ2n) is 12.0. The molecule has 2 aromatic carbocycles. The van der Waals surface area contributed by atoms with Gasteiger partial charge in [0, 0.05) is 40.6 Å². The van der Waals surface area contributed by atoms with Gasteiger partial charge in [0.25, 0.3) is 0 Å². The molecule has 0 aliphatic rings. The van der Waals surface area contributed by atoms with Crippen LogP contribution in [0.1, 0.15) is 38.3 Å². The lowest BCUT2D eigenvalue weighted by atomic mass is 9.97. The molecule has 6 atom stereocenters. The van der Waals surface area contributed by atoms with E-state index >= 15 is 0 Å².